The fraction of sp³-hybridized carbons (Fsp3) is 1.00. The average Bonchev–Trinajstić information content (AvgIpc) is 1.99. The fourth-order valence-corrected chi connectivity index (χ4v) is 3.46. The maximum Gasteiger partial charge on any atom is 0.184 e. The second-order valence-corrected chi connectivity index (χ2v) is 9.98. The van der Waals surface area contributed by atoms with Gasteiger partial charge in [-0.25, -0.2) is 0 Å². The van der Waals surface area contributed by atoms with Crippen LogP contribution in [0.3, 0.4) is 0 Å². The summed E-state index contributed by atoms with van der Waals surface area (Å²) in [6.07, 6.45) is 4.35. The monoisotopic (exact) mass is 216 g/mol. The van der Waals surface area contributed by atoms with Crippen LogP contribution >= 0.6 is 0 Å². The quantitative estimate of drug-likeness (QED) is 0.675. The predicted octanol–water partition coefficient (Wildman–Crippen LogP) is 3.04. The van der Waals surface area contributed by atoms with Crippen molar-refractivity contribution >= 4 is 8.32 Å². The zero-order chi connectivity index (χ0) is 10.8. The van der Waals surface area contributed by atoms with E-state index in [1.54, 1.807) is 0 Å². The molecule has 3 heteroatoms. The molecule has 1 aliphatic rings. The van der Waals surface area contributed by atoms with E-state index in [-0.39, 0.29) is 0 Å². The summed E-state index contributed by atoms with van der Waals surface area (Å²) in [5.41, 5.74) is 0. The van der Waals surface area contributed by atoms with Crippen molar-refractivity contribution in [1.29, 1.82) is 0 Å². The summed E-state index contributed by atoms with van der Waals surface area (Å²) in [6, 6.07) is 0. The Bertz CT molecular complexity index is 177. The van der Waals surface area contributed by atoms with Crippen molar-refractivity contribution in [3.05, 3.63) is 0 Å². The van der Waals surface area contributed by atoms with Crippen LogP contribution in [-0.4, -0.2) is 27.6 Å². The highest BCUT2D eigenvalue weighted by Crippen LogP contribution is 2.29. The SMILES string of the molecule is CO[C@H]1C[C@@H](C)C[C@@H](O[Si](C)(C)C)C1. The fourth-order valence-electron chi connectivity index (χ4n) is 2.27. The van der Waals surface area contributed by atoms with Gasteiger partial charge in [-0.2, -0.15) is 0 Å². The Morgan fingerprint density at radius 1 is 1.00 bits per heavy atom. The molecule has 0 aromatic rings. The summed E-state index contributed by atoms with van der Waals surface area (Å²) < 4.78 is 11.6. The van der Waals surface area contributed by atoms with Crippen LogP contribution in [0.15, 0.2) is 0 Å². The maximum atomic E-state index is 6.14. The number of methoxy groups -OCH3 is 1. The molecular formula is C11H24O2Si. The van der Waals surface area contributed by atoms with Crippen molar-refractivity contribution in [2.75, 3.05) is 7.11 Å². The minimum atomic E-state index is -1.37. The van der Waals surface area contributed by atoms with E-state index in [4.69, 9.17) is 9.16 Å². The first kappa shape index (κ1) is 12.2. The van der Waals surface area contributed by atoms with Crippen molar-refractivity contribution in [2.45, 2.75) is 58.0 Å². The summed E-state index contributed by atoms with van der Waals surface area (Å²) in [6.45, 7) is 9.07. The van der Waals surface area contributed by atoms with Crippen LogP contribution < -0.4 is 0 Å². The molecule has 0 unspecified atom stereocenters. The van der Waals surface area contributed by atoms with E-state index in [0.717, 1.165) is 12.3 Å². The Hall–Kier alpha value is 0.137. The van der Waals surface area contributed by atoms with Gasteiger partial charge in [0.1, 0.15) is 0 Å². The van der Waals surface area contributed by atoms with Gasteiger partial charge in [-0.05, 0) is 44.8 Å². The Labute approximate surface area is 89.1 Å². The minimum absolute atomic E-state index is 0.417. The summed E-state index contributed by atoms with van der Waals surface area (Å²) in [5.74, 6) is 0.745. The molecule has 0 heterocycles. The molecule has 0 bridgehead atoms. The highest BCUT2D eigenvalue weighted by molar-refractivity contribution is 6.69. The third-order valence-corrected chi connectivity index (χ3v) is 3.75. The topological polar surface area (TPSA) is 18.5 Å². The molecule has 84 valence electrons. The summed E-state index contributed by atoms with van der Waals surface area (Å²) in [5, 5.41) is 0. The molecule has 0 radical (unpaired) electrons. The third-order valence-electron chi connectivity index (χ3n) is 2.71. The van der Waals surface area contributed by atoms with Crippen LogP contribution in [0, 0.1) is 5.92 Å². The minimum Gasteiger partial charge on any atom is -0.415 e. The smallest absolute Gasteiger partial charge is 0.184 e. The summed E-state index contributed by atoms with van der Waals surface area (Å²) in [7, 11) is 0.442. The van der Waals surface area contributed by atoms with E-state index < -0.39 is 8.32 Å². The van der Waals surface area contributed by atoms with E-state index in [0.29, 0.717) is 12.2 Å². The predicted molar refractivity (Wildman–Crippen MR) is 62.0 cm³/mol. The van der Waals surface area contributed by atoms with Gasteiger partial charge in [0.05, 0.1) is 6.10 Å². The standard InChI is InChI=1S/C11H24O2Si/c1-9-6-10(12-2)8-11(7-9)13-14(3,4)5/h9-11H,6-8H2,1-5H3/t9-,10+,11-/m1/s1. The van der Waals surface area contributed by atoms with Gasteiger partial charge in [-0.15, -0.1) is 0 Å². The lowest BCUT2D eigenvalue weighted by Gasteiger charge is -2.36. The van der Waals surface area contributed by atoms with Gasteiger partial charge >= 0.3 is 0 Å². The van der Waals surface area contributed by atoms with Crippen LogP contribution in [0.2, 0.25) is 19.6 Å². The zero-order valence-electron chi connectivity index (χ0n) is 10.2. The van der Waals surface area contributed by atoms with Crippen LogP contribution in [-0.2, 0) is 9.16 Å². The lowest BCUT2D eigenvalue weighted by atomic mass is 9.87. The van der Waals surface area contributed by atoms with Crippen molar-refractivity contribution in [3.63, 3.8) is 0 Å². The highest BCUT2D eigenvalue weighted by atomic mass is 28.4. The van der Waals surface area contributed by atoms with Crippen molar-refractivity contribution in [2.24, 2.45) is 5.92 Å². The molecule has 1 saturated carbocycles. The Balaban J connectivity index is 2.45. The first-order chi connectivity index (χ1) is 6.40. The second-order valence-electron chi connectivity index (χ2n) is 5.52. The molecule has 1 aliphatic carbocycles. The lowest BCUT2D eigenvalue weighted by molar-refractivity contribution is -0.000431. The summed E-state index contributed by atoms with van der Waals surface area (Å²) in [4.78, 5) is 0. The van der Waals surface area contributed by atoms with Gasteiger partial charge in [0, 0.05) is 13.2 Å². The molecular weight excluding hydrogens is 192 g/mol. The number of hydrogen-bond acceptors (Lipinski definition) is 2. The van der Waals surface area contributed by atoms with Gasteiger partial charge in [-0.3, -0.25) is 0 Å². The van der Waals surface area contributed by atoms with Crippen LogP contribution in [0.4, 0.5) is 0 Å². The largest absolute Gasteiger partial charge is 0.415 e. The Morgan fingerprint density at radius 3 is 2.07 bits per heavy atom. The van der Waals surface area contributed by atoms with E-state index in [2.05, 4.69) is 26.6 Å². The van der Waals surface area contributed by atoms with Crippen molar-refractivity contribution < 1.29 is 9.16 Å². The van der Waals surface area contributed by atoms with Gasteiger partial charge in [0.25, 0.3) is 0 Å². The molecule has 2 nitrogen and oxygen atoms in total. The van der Waals surface area contributed by atoms with Crippen LogP contribution in [0.1, 0.15) is 26.2 Å². The third kappa shape index (κ3) is 4.11. The van der Waals surface area contributed by atoms with Gasteiger partial charge in [-0.1, -0.05) is 6.92 Å². The molecule has 0 amide bonds. The van der Waals surface area contributed by atoms with E-state index in [1.165, 1.54) is 12.8 Å². The Morgan fingerprint density at radius 2 is 1.57 bits per heavy atom. The second kappa shape index (κ2) is 4.77. The molecule has 0 aromatic heterocycles. The van der Waals surface area contributed by atoms with Gasteiger partial charge in [0.2, 0.25) is 0 Å². The highest BCUT2D eigenvalue weighted by Gasteiger charge is 2.30. The van der Waals surface area contributed by atoms with E-state index in [9.17, 15) is 0 Å². The van der Waals surface area contributed by atoms with E-state index in [1.807, 2.05) is 7.11 Å². The molecule has 3 atom stereocenters. The van der Waals surface area contributed by atoms with Crippen LogP contribution in [0.25, 0.3) is 0 Å². The average molecular weight is 216 g/mol. The normalized spacial score (nSPS) is 34.5. The molecule has 0 N–H and O–H groups in total. The molecule has 1 rings (SSSR count). The van der Waals surface area contributed by atoms with Gasteiger partial charge < -0.3 is 9.16 Å². The number of rotatable bonds is 3. The Kier molecular flexibility index (Phi) is 4.16. The van der Waals surface area contributed by atoms with Crippen molar-refractivity contribution in [3.8, 4) is 0 Å². The first-order valence-corrected chi connectivity index (χ1v) is 9.02. The number of ether oxygens (including phenoxy) is 1. The zero-order valence-corrected chi connectivity index (χ0v) is 11.2. The van der Waals surface area contributed by atoms with E-state index >= 15 is 0 Å². The lowest BCUT2D eigenvalue weighted by Crippen LogP contribution is -2.38. The molecule has 0 spiro atoms. The number of hydrogen-bond donors (Lipinski definition) is 0. The van der Waals surface area contributed by atoms with Gasteiger partial charge in [0.15, 0.2) is 8.32 Å². The van der Waals surface area contributed by atoms with Crippen molar-refractivity contribution in [1.82, 2.24) is 0 Å². The van der Waals surface area contributed by atoms with Crippen LogP contribution in [0.5, 0.6) is 0 Å². The molecule has 1 fully saturated rings. The first-order valence-electron chi connectivity index (χ1n) is 5.61. The molecule has 0 aromatic carbocycles. The molecule has 14 heavy (non-hydrogen) atoms. The maximum absolute atomic E-state index is 6.14. The summed E-state index contributed by atoms with van der Waals surface area (Å²) >= 11 is 0. The molecule has 0 aliphatic heterocycles. The molecule has 0 saturated heterocycles.